The van der Waals surface area contributed by atoms with E-state index in [-0.39, 0.29) is 6.42 Å². The maximum atomic E-state index is 13.6. The molecule has 2 unspecified atom stereocenters. The first-order valence-electron chi connectivity index (χ1n) is 10.7. The number of carbonyl (C=O) groups excluding carboxylic acids is 3. The average molecular weight is 444 g/mol. The summed E-state index contributed by atoms with van der Waals surface area (Å²) in [5, 5.41) is 0. The summed E-state index contributed by atoms with van der Waals surface area (Å²) in [5.74, 6) is -2.77. The highest BCUT2D eigenvalue weighted by molar-refractivity contribution is 6.23. The van der Waals surface area contributed by atoms with Gasteiger partial charge in [0.25, 0.3) is 0 Å². The van der Waals surface area contributed by atoms with Crippen molar-refractivity contribution in [3.8, 4) is 11.5 Å². The van der Waals surface area contributed by atoms with Gasteiger partial charge in [0.15, 0.2) is 28.8 Å². The summed E-state index contributed by atoms with van der Waals surface area (Å²) in [6.07, 6.45) is 0.746. The number of Topliss-reactive ketones (excluding diaryl/α,β-unsaturated/α-hetero) is 2. The zero-order valence-corrected chi connectivity index (χ0v) is 18.2. The number of benzene rings is 3. The van der Waals surface area contributed by atoms with Crippen LogP contribution in [0.2, 0.25) is 0 Å². The van der Waals surface area contributed by atoms with Crippen LogP contribution in [0.15, 0.2) is 84.9 Å². The van der Waals surface area contributed by atoms with Gasteiger partial charge < -0.3 is 14.2 Å². The predicted octanol–water partition coefficient (Wildman–Crippen LogP) is 3.91. The van der Waals surface area contributed by atoms with Crippen molar-refractivity contribution in [3.05, 3.63) is 96.1 Å². The van der Waals surface area contributed by atoms with Gasteiger partial charge in [-0.15, -0.1) is 0 Å². The normalized spacial score (nSPS) is 19.7. The van der Waals surface area contributed by atoms with Gasteiger partial charge in [0, 0.05) is 12.0 Å². The largest absolute Gasteiger partial charge is 0.493 e. The number of esters is 1. The SMILES string of the molecule is COc1ccccc1OCC(=O)C1C(=O)OC(CCc2ccccc2)(c2ccccc2)C1=O. The molecule has 33 heavy (non-hydrogen) atoms. The average Bonchev–Trinajstić information content (AvgIpc) is 3.12. The van der Waals surface area contributed by atoms with Crippen molar-refractivity contribution in [2.75, 3.05) is 13.7 Å². The third-order valence-electron chi connectivity index (χ3n) is 5.78. The van der Waals surface area contributed by atoms with Crippen molar-refractivity contribution in [2.24, 2.45) is 5.92 Å². The molecular formula is C27H24O6. The summed E-state index contributed by atoms with van der Waals surface area (Å²) in [7, 11) is 1.49. The number of rotatable bonds is 9. The zero-order chi connectivity index (χ0) is 23.3. The maximum Gasteiger partial charge on any atom is 0.325 e. The van der Waals surface area contributed by atoms with Crippen LogP contribution < -0.4 is 9.47 Å². The lowest BCUT2D eigenvalue weighted by atomic mass is 9.80. The minimum Gasteiger partial charge on any atom is -0.493 e. The Hall–Kier alpha value is -3.93. The molecule has 0 aromatic heterocycles. The number of aryl methyl sites for hydroxylation is 1. The third-order valence-corrected chi connectivity index (χ3v) is 5.78. The molecule has 1 fully saturated rings. The molecule has 0 amide bonds. The van der Waals surface area contributed by atoms with E-state index in [1.165, 1.54) is 7.11 Å². The van der Waals surface area contributed by atoms with Crippen molar-refractivity contribution in [2.45, 2.75) is 18.4 Å². The Labute approximate surface area is 192 Å². The number of methoxy groups -OCH3 is 1. The first kappa shape index (κ1) is 22.3. The van der Waals surface area contributed by atoms with Gasteiger partial charge in [0.2, 0.25) is 5.78 Å². The van der Waals surface area contributed by atoms with E-state index in [0.717, 1.165) is 5.56 Å². The van der Waals surface area contributed by atoms with Gasteiger partial charge in [0.1, 0.15) is 6.61 Å². The minimum atomic E-state index is -1.53. The lowest BCUT2D eigenvalue weighted by Crippen LogP contribution is -2.38. The lowest BCUT2D eigenvalue weighted by Gasteiger charge is -2.27. The Morgan fingerprint density at radius 2 is 1.48 bits per heavy atom. The summed E-state index contributed by atoms with van der Waals surface area (Å²) in [6, 6.07) is 25.3. The van der Waals surface area contributed by atoms with Crippen molar-refractivity contribution >= 4 is 17.5 Å². The molecule has 6 nitrogen and oxygen atoms in total. The first-order valence-corrected chi connectivity index (χ1v) is 10.7. The van der Waals surface area contributed by atoms with Crippen LogP contribution in [0.4, 0.5) is 0 Å². The Morgan fingerprint density at radius 1 is 0.879 bits per heavy atom. The van der Waals surface area contributed by atoms with Crippen molar-refractivity contribution in [3.63, 3.8) is 0 Å². The van der Waals surface area contributed by atoms with E-state index in [9.17, 15) is 14.4 Å². The van der Waals surface area contributed by atoms with E-state index >= 15 is 0 Å². The predicted molar refractivity (Wildman–Crippen MR) is 121 cm³/mol. The highest BCUT2D eigenvalue weighted by atomic mass is 16.6. The second-order valence-electron chi connectivity index (χ2n) is 7.80. The number of carbonyl (C=O) groups is 3. The van der Waals surface area contributed by atoms with Crippen LogP contribution in [0.25, 0.3) is 0 Å². The van der Waals surface area contributed by atoms with Gasteiger partial charge >= 0.3 is 5.97 Å². The molecule has 0 saturated carbocycles. The molecule has 168 valence electrons. The maximum absolute atomic E-state index is 13.6. The number of cyclic esters (lactones) is 1. The molecule has 0 N–H and O–H groups in total. The van der Waals surface area contributed by atoms with Crippen molar-refractivity contribution in [1.82, 2.24) is 0 Å². The van der Waals surface area contributed by atoms with Crippen LogP contribution in [0.3, 0.4) is 0 Å². The Bertz CT molecular complexity index is 1140. The summed E-state index contributed by atoms with van der Waals surface area (Å²) in [4.78, 5) is 39.4. The van der Waals surface area contributed by atoms with E-state index in [1.807, 2.05) is 36.4 Å². The summed E-state index contributed by atoms with van der Waals surface area (Å²) in [5.41, 5.74) is 0.0463. The number of hydrogen-bond acceptors (Lipinski definition) is 6. The number of ether oxygens (including phenoxy) is 3. The number of ketones is 2. The molecule has 0 radical (unpaired) electrons. The second-order valence-corrected chi connectivity index (χ2v) is 7.80. The van der Waals surface area contributed by atoms with Gasteiger partial charge in [-0.3, -0.25) is 14.4 Å². The van der Waals surface area contributed by atoms with Gasteiger partial charge in [-0.25, -0.2) is 0 Å². The molecule has 4 rings (SSSR count). The van der Waals surface area contributed by atoms with Gasteiger partial charge in [0.05, 0.1) is 7.11 Å². The molecule has 1 aliphatic heterocycles. The fourth-order valence-electron chi connectivity index (χ4n) is 4.06. The smallest absolute Gasteiger partial charge is 0.325 e. The Kier molecular flexibility index (Phi) is 6.54. The molecule has 2 atom stereocenters. The summed E-state index contributed by atoms with van der Waals surface area (Å²) < 4.78 is 16.5. The fraction of sp³-hybridized carbons (Fsp3) is 0.222. The topological polar surface area (TPSA) is 78.9 Å². The molecule has 1 aliphatic rings. The molecule has 0 spiro atoms. The van der Waals surface area contributed by atoms with E-state index in [2.05, 4.69) is 0 Å². The summed E-state index contributed by atoms with van der Waals surface area (Å²) >= 11 is 0. The van der Waals surface area contributed by atoms with E-state index < -0.39 is 35.7 Å². The number of para-hydroxylation sites is 2. The molecule has 1 heterocycles. The molecule has 6 heteroatoms. The minimum absolute atomic E-state index is 0.239. The van der Waals surface area contributed by atoms with Crippen LogP contribution in [-0.4, -0.2) is 31.3 Å². The van der Waals surface area contributed by atoms with Crippen LogP contribution in [0.5, 0.6) is 11.5 Å². The standard InChI is InChI=1S/C27H24O6/c1-31-22-14-8-9-15-23(22)32-18-21(28)24-25(29)27(33-26(24)30,20-12-6-3-7-13-20)17-16-19-10-4-2-5-11-19/h2-15,24H,16-18H2,1H3. The second kappa shape index (κ2) is 9.69. The van der Waals surface area contributed by atoms with Crippen LogP contribution in [0.1, 0.15) is 17.5 Å². The molecule has 3 aromatic rings. The molecule has 0 bridgehead atoms. The first-order chi connectivity index (χ1) is 16.0. The molecule has 1 saturated heterocycles. The van der Waals surface area contributed by atoms with Crippen molar-refractivity contribution < 1.29 is 28.6 Å². The lowest BCUT2D eigenvalue weighted by molar-refractivity contribution is -0.155. The highest BCUT2D eigenvalue weighted by Gasteiger charge is 2.58. The van der Waals surface area contributed by atoms with Crippen LogP contribution in [0, 0.1) is 5.92 Å². The molecule has 0 aliphatic carbocycles. The Morgan fingerprint density at radius 3 is 2.15 bits per heavy atom. The van der Waals surface area contributed by atoms with Gasteiger partial charge in [-0.2, -0.15) is 0 Å². The number of hydrogen-bond donors (Lipinski definition) is 0. The quantitative estimate of drug-likeness (QED) is 0.368. The van der Waals surface area contributed by atoms with Crippen LogP contribution >= 0.6 is 0 Å². The van der Waals surface area contributed by atoms with Gasteiger partial charge in [-0.1, -0.05) is 72.8 Å². The van der Waals surface area contributed by atoms with E-state index in [4.69, 9.17) is 14.2 Å². The molecular weight excluding hydrogens is 420 g/mol. The molecule has 3 aromatic carbocycles. The third kappa shape index (κ3) is 4.51. The zero-order valence-electron chi connectivity index (χ0n) is 18.2. The Balaban J connectivity index is 1.57. The van der Waals surface area contributed by atoms with Crippen LogP contribution in [-0.2, 0) is 31.1 Å². The summed E-state index contributed by atoms with van der Waals surface area (Å²) in [6.45, 7) is -0.449. The monoisotopic (exact) mass is 444 g/mol. The van der Waals surface area contributed by atoms with E-state index in [0.29, 0.717) is 23.5 Å². The highest BCUT2D eigenvalue weighted by Crippen LogP contribution is 2.41. The van der Waals surface area contributed by atoms with Gasteiger partial charge in [-0.05, 0) is 24.1 Å². The van der Waals surface area contributed by atoms with Crippen molar-refractivity contribution in [1.29, 1.82) is 0 Å². The van der Waals surface area contributed by atoms with E-state index in [1.54, 1.807) is 48.5 Å². The fourth-order valence-corrected chi connectivity index (χ4v) is 4.06.